The Balaban J connectivity index is 2.43. The highest BCUT2D eigenvalue weighted by atomic mass is 19.1. The second kappa shape index (κ2) is 2.50. The summed E-state index contributed by atoms with van der Waals surface area (Å²) in [6.07, 6.45) is 2.14. The maximum Gasteiger partial charge on any atom is 0.174 e. The van der Waals surface area contributed by atoms with Crippen LogP contribution in [0.5, 0.6) is 5.75 Å². The molecule has 0 fully saturated rings. The number of hydrogen-bond donors (Lipinski definition) is 1. The second-order valence-corrected chi connectivity index (χ2v) is 3.72. The predicted molar refractivity (Wildman–Crippen MR) is 51.9 cm³/mol. The molecule has 0 atom stereocenters. The summed E-state index contributed by atoms with van der Waals surface area (Å²) >= 11 is 0. The van der Waals surface area contributed by atoms with E-state index in [1.54, 1.807) is 6.07 Å². The standard InChI is InChI=1S/C11H10FNO/c12-11-8-6-7-2-1-5-13(7)9(8)3-4-10(11)14/h3-4,6,14H,1-2,5H2. The van der Waals surface area contributed by atoms with Crippen molar-refractivity contribution in [1.82, 2.24) is 4.57 Å². The van der Waals surface area contributed by atoms with Crippen LogP contribution in [0, 0.1) is 5.82 Å². The smallest absolute Gasteiger partial charge is 0.174 e. The van der Waals surface area contributed by atoms with E-state index >= 15 is 0 Å². The summed E-state index contributed by atoms with van der Waals surface area (Å²) in [5, 5.41) is 9.77. The lowest BCUT2D eigenvalue weighted by molar-refractivity contribution is 0.436. The number of phenolic OH excluding ortho intramolecular Hbond substituents is 1. The topological polar surface area (TPSA) is 25.2 Å². The molecule has 3 rings (SSSR count). The van der Waals surface area contributed by atoms with Crippen LogP contribution in [-0.4, -0.2) is 9.67 Å². The minimum atomic E-state index is -0.496. The fourth-order valence-electron chi connectivity index (χ4n) is 2.23. The SMILES string of the molecule is Oc1ccc2c(cc3n2CCC3)c1F. The van der Waals surface area contributed by atoms with Crippen LogP contribution in [0.3, 0.4) is 0 Å². The van der Waals surface area contributed by atoms with Crippen molar-refractivity contribution in [2.24, 2.45) is 0 Å². The summed E-state index contributed by atoms with van der Waals surface area (Å²) in [7, 11) is 0. The maximum absolute atomic E-state index is 13.5. The Bertz CT molecular complexity index is 515. The van der Waals surface area contributed by atoms with Gasteiger partial charge in [-0.15, -0.1) is 0 Å². The quantitative estimate of drug-likeness (QED) is 0.679. The highest BCUT2D eigenvalue weighted by molar-refractivity contribution is 5.83. The lowest BCUT2D eigenvalue weighted by Gasteiger charge is -2.01. The van der Waals surface area contributed by atoms with Crippen LogP contribution in [0.4, 0.5) is 4.39 Å². The van der Waals surface area contributed by atoms with Crippen molar-refractivity contribution >= 4 is 10.9 Å². The van der Waals surface area contributed by atoms with Gasteiger partial charge < -0.3 is 9.67 Å². The van der Waals surface area contributed by atoms with Crippen LogP contribution in [-0.2, 0) is 13.0 Å². The van der Waals surface area contributed by atoms with Gasteiger partial charge in [0.05, 0.1) is 5.52 Å². The molecule has 1 aliphatic rings. The van der Waals surface area contributed by atoms with Crippen LogP contribution in [0.25, 0.3) is 10.9 Å². The third-order valence-corrected chi connectivity index (χ3v) is 2.90. The molecule has 2 aromatic rings. The van der Waals surface area contributed by atoms with Crippen molar-refractivity contribution in [2.75, 3.05) is 0 Å². The van der Waals surface area contributed by atoms with Crippen molar-refractivity contribution < 1.29 is 9.50 Å². The molecule has 1 aromatic carbocycles. The normalized spacial score (nSPS) is 14.9. The van der Waals surface area contributed by atoms with Crippen LogP contribution < -0.4 is 0 Å². The zero-order chi connectivity index (χ0) is 9.71. The van der Waals surface area contributed by atoms with Gasteiger partial charge in [-0.2, -0.15) is 0 Å². The summed E-state index contributed by atoms with van der Waals surface area (Å²) < 4.78 is 15.6. The number of phenols is 1. The first kappa shape index (κ1) is 7.85. The minimum Gasteiger partial charge on any atom is -0.505 e. The van der Waals surface area contributed by atoms with Gasteiger partial charge in [-0.3, -0.25) is 0 Å². The average molecular weight is 191 g/mol. The Morgan fingerprint density at radius 1 is 1.36 bits per heavy atom. The molecule has 0 aliphatic carbocycles. The summed E-state index contributed by atoms with van der Waals surface area (Å²) in [5.41, 5.74) is 2.07. The molecule has 3 heteroatoms. The van der Waals surface area contributed by atoms with Crippen LogP contribution in [0.2, 0.25) is 0 Å². The summed E-state index contributed by atoms with van der Waals surface area (Å²) in [6.45, 7) is 0.961. The number of aromatic nitrogens is 1. The highest BCUT2D eigenvalue weighted by Crippen LogP contribution is 2.31. The van der Waals surface area contributed by atoms with Gasteiger partial charge in [0.1, 0.15) is 0 Å². The molecular formula is C11H10FNO. The molecule has 1 aromatic heterocycles. The van der Waals surface area contributed by atoms with Gasteiger partial charge >= 0.3 is 0 Å². The molecule has 0 unspecified atom stereocenters. The van der Waals surface area contributed by atoms with E-state index in [0.29, 0.717) is 5.39 Å². The number of fused-ring (bicyclic) bond motifs is 3. The third kappa shape index (κ3) is 0.842. The van der Waals surface area contributed by atoms with Crippen molar-refractivity contribution in [1.29, 1.82) is 0 Å². The monoisotopic (exact) mass is 191 g/mol. The number of nitrogens with zero attached hydrogens (tertiary/aromatic N) is 1. The van der Waals surface area contributed by atoms with Gasteiger partial charge in [-0.05, 0) is 31.0 Å². The summed E-state index contributed by atoms with van der Waals surface area (Å²) in [6, 6.07) is 5.04. The molecule has 72 valence electrons. The Kier molecular flexibility index (Phi) is 1.40. The van der Waals surface area contributed by atoms with Gasteiger partial charge in [0.2, 0.25) is 0 Å². The van der Waals surface area contributed by atoms with E-state index in [1.807, 2.05) is 6.07 Å². The number of aryl methyl sites for hydroxylation is 2. The van der Waals surface area contributed by atoms with Gasteiger partial charge in [0, 0.05) is 17.6 Å². The molecule has 1 N–H and O–H groups in total. The molecular weight excluding hydrogens is 181 g/mol. The fraction of sp³-hybridized carbons (Fsp3) is 0.273. The predicted octanol–water partition coefficient (Wildman–Crippen LogP) is 2.43. The van der Waals surface area contributed by atoms with Crippen LogP contribution in [0.1, 0.15) is 12.1 Å². The zero-order valence-corrected chi connectivity index (χ0v) is 7.63. The molecule has 0 radical (unpaired) electrons. The van der Waals surface area contributed by atoms with E-state index in [-0.39, 0.29) is 5.75 Å². The Hall–Kier alpha value is -1.51. The van der Waals surface area contributed by atoms with Crippen LogP contribution >= 0.6 is 0 Å². The first-order chi connectivity index (χ1) is 6.77. The first-order valence-electron chi connectivity index (χ1n) is 4.77. The second-order valence-electron chi connectivity index (χ2n) is 3.72. The molecule has 14 heavy (non-hydrogen) atoms. The van der Waals surface area contributed by atoms with Crippen molar-refractivity contribution in [3.63, 3.8) is 0 Å². The van der Waals surface area contributed by atoms with E-state index in [1.165, 1.54) is 11.8 Å². The number of aromatic hydroxyl groups is 1. The van der Waals surface area contributed by atoms with Crippen molar-refractivity contribution in [3.8, 4) is 5.75 Å². The van der Waals surface area contributed by atoms with Crippen molar-refractivity contribution in [2.45, 2.75) is 19.4 Å². The van der Waals surface area contributed by atoms with Gasteiger partial charge in [0.15, 0.2) is 11.6 Å². The van der Waals surface area contributed by atoms with Crippen LogP contribution in [0.15, 0.2) is 18.2 Å². The number of halogens is 1. The van der Waals surface area contributed by atoms with E-state index in [0.717, 1.165) is 24.9 Å². The first-order valence-corrected chi connectivity index (χ1v) is 4.77. The molecule has 0 saturated carbocycles. The molecule has 0 saturated heterocycles. The van der Waals surface area contributed by atoms with Crippen molar-refractivity contribution in [3.05, 3.63) is 29.7 Å². The summed E-state index contributed by atoms with van der Waals surface area (Å²) in [5.74, 6) is -0.758. The fourth-order valence-corrected chi connectivity index (χ4v) is 2.23. The van der Waals surface area contributed by atoms with Gasteiger partial charge in [0.25, 0.3) is 0 Å². The highest BCUT2D eigenvalue weighted by Gasteiger charge is 2.17. The Labute approximate surface area is 80.6 Å². The Morgan fingerprint density at radius 2 is 2.21 bits per heavy atom. The molecule has 0 amide bonds. The zero-order valence-electron chi connectivity index (χ0n) is 7.63. The molecule has 1 aliphatic heterocycles. The minimum absolute atomic E-state index is 0.262. The number of benzene rings is 1. The van der Waals surface area contributed by atoms with E-state index < -0.39 is 5.82 Å². The third-order valence-electron chi connectivity index (χ3n) is 2.90. The Morgan fingerprint density at radius 3 is 3.07 bits per heavy atom. The van der Waals surface area contributed by atoms with Gasteiger partial charge in [-0.25, -0.2) is 4.39 Å². The molecule has 2 nitrogen and oxygen atoms in total. The molecule has 0 spiro atoms. The largest absolute Gasteiger partial charge is 0.505 e. The lowest BCUT2D eigenvalue weighted by atomic mass is 10.2. The van der Waals surface area contributed by atoms with Gasteiger partial charge in [-0.1, -0.05) is 0 Å². The number of rotatable bonds is 0. The molecule has 0 bridgehead atoms. The lowest BCUT2D eigenvalue weighted by Crippen LogP contribution is -1.90. The van der Waals surface area contributed by atoms with E-state index in [4.69, 9.17) is 0 Å². The van der Waals surface area contributed by atoms with E-state index in [2.05, 4.69) is 4.57 Å². The summed E-state index contributed by atoms with van der Waals surface area (Å²) in [4.78, 5) is 0. The number of hydrogen-bond acceptors (Lipinski definition) is 1. The maximum atomic E-state index is 13.5. The van der Waals surface area contributed by atoms with E-state index in [9.17, 15) is 9.50 Å². The molecule has 2 heterocycles. The average Bonchev–Trinajstić information content (AvgIpc) is 2.71.